The first kappa shape index (κ1) is 16.4. The lowest BCUT2D eigenvalue weighted by Gasteiger charge is -2.06. The molecule has 0 aromatic carbocycles. The van der Waals surface area contributed by atoms with Crippen LogP contribution in [-0.2, 0) is 16.6 Å². The number of nitrogens with one attached hydrogen (secondary N) is 2. The van der Waals surface area contributed by atoms with Crippen molar-refractivity contribution >= 4 is 23.4 Å². The first-order valence-corrected chi connectivity index (χ1v) is 6.17. The fraction of sp³-hybridized carbons (Fsp3) is 0.545. The summed E-state index contributed by atoms with van der Waals surface area (Å²) in [6.45, 7) is 2.76. The number of nitrogens with zero attached hydrogens (tertiary/aromatic N) is 3. The van der Waals surface area contributed by atoms with Crippen LogP contribution in [0.3, 0.4) is 0 Å². The van der Waals surface area contributed by atoms with Crippen LogP contribution in [0.2, 0.25) is 0 Å². The second-order valence-corrected chi connectivity index (χ2v) is 4.64. The van der Waals surface area contributed by atoms with E-state index in [4.69, 9.17) is 5.11 Å². The molecule has 0 spiro atoms. The number of hydrogen-bond donors (Lipinski definition) is 3. The van der Waals surface area contributed by atoms with E-state index < -0.39 is 23.3 Å². The number of nitro groups is 1. The summed E-state index contributed by atoms with van der Waals surface area (Å²) in [5.74, 6) is -1.79. The molecule has 0 aliphatic heterocycles. The Hall–Kier alpha value is -2.65. The van der Waals surface area contributed by atoms with Crippen molar-refractivity contribution in [3.05, 3.63) is 15.8 Å². The zero-order chi connectivity index (χ0) is 16.2. The molecule has 0 aliphatic carbocycles. The Morgan fingerprint density at radius 3 is 2.52 bits per heavy atom. The molecule has 0 fully saturated rings. The summed E-state index contributed by atoms with van der Waals surface area (Å²) in [4.78, 5) is 32.3. The predicted molar refractivity (Wildman–Crippen MR) is 73.1 cm³/mol. The third-order valence-electron chi connectivity index (χ3n) is 2.63. The Bertz CT molecular complexity index is 566. The third kappa shape index (κ3) is 4.16. The highest BCUT2D eigenvalue weighted by atomic mass is 16.6. The van der Waals surface area contributed by atoms with Gasteiger partial charge in [-0.1, -0.05) is 13.8 Å². The number of amides is 1. The van der Waals surface area contributed by atoms with Gasteiger partial charge in [0.1, 0.15) is 12.2 Å². The summed E-state index contributed by atoms with van der Waals surface area (Å²) >= 11 is 0. The van der Waals surface area contributed by atoms with Crippen molar-refractivity contribution in [1.82, 2.24) is 15.1 Å². The van der Waals surface area contributed by atoms with E-state index in [1.54, 1.807) is 13.8 Å². The monoisotopic (exact) mass is 299 g/mol. The minimum Gasteiger partial charge on any atom is -0.480 e. The molecule has 0 radical (unpaired) electrons. The largest absolute Gasteiger partial charge is 0.480 e. The van der Waals surface area contributed by atoms with Gasteiger partial charge in [-0.05, 0) is 0 Å². The summed E-state index contributed by atoms with van der Waals surface area (Å²) in [6.07, 6.45) is 0. The summed E-state index contributed by atoms with van der Waals surface area (Å²) in [5, 5.41) is 28.4. The van der Waals surface area contributed by atoms with Crippen LogP contribution in [0.4, 0.5) is 11.5 Å². The van der Waals surface area contributed by atoms with E-state index in [1.165, 1.54) is 11.7 Å². The fourth-order valence-electron chi connectivity index (χ4n) is 1.70. The van der Waals surface area contributed by atoms with Crippen LogP contribution >= 0.6 is 0 Å². The molecule has 0 atom stereocenters. The second-order valence-electron chi connectivity index (χ2n) is 4.64. The molecule has 10 heteroatoms. The molecule has 1 aromatic rings. The number of rotatable bonds is 7. The average Bonchev–Trinajstić information content (AvgIpc) is 2.71. The highest BCUT2D eigenvalue weighted by molar-refractivity contribution is 5.84. The van der Waals surface area contributed by atoms with Crippen molar-refractivity contribution in [3.63, 3.8) is 0 Å². The van der Waals surface area contributed by atoms with Gasteiger partial charge in [-0.3, -0.25) is 19.7 Å². The van der Waals surface area contributed by atoms with Crippen molar-refractivity contribution in [2.75, 3.05) is 18.4 Å². The van der Waals surface area contributed by atoms with E-state index in [0.29, 0.717) is 5.69 Å². The van der Waals surface area contributed by atoms with Crippen molar-refractivity contribution in [2.24, 2.45) is 7.05 Å². The van der Waals surface area contributed by atoms with Crippen molar-refractivity contribution in [1.29, 1.82) is 0 Å². The van der Waals surface area contributed by atoms with Gasteiger partial charge in [0, 0.05) is 13.0 Å². The van der Waals surface area contributed by atoms with Crippen molar-refractivity contribution < 1.29 is 19.6 Å². The average molecular weight is 299 g/mol. The maximum Gasteiger partial charge on any atom is 0.334 e. The minimum atomic E-state index is -1.17. The highest BCUT2D eigenvalue weighted by Crippen LogP contribution is 2.32. The number of aryl methyl sites for hydroxylation is 1. The Labute approximate surface area is 120 Å². The number of hydrogen-bond acceptors (Lipinski definition) is 6. The molecule has 0 bridgehead atoms. The van der Waals surface area contributed by atoms with Crippen LogP contribution < -0.4 is 10.6 Å². The SMILES string of the molecule is CC(C)c1nn(C)c(NCC(=O)NCC(=O)O)c1[N+](=O)[O-]. The third-order valence-corrected chi connectivity index (χ3v) is 2.63. The van der Waals surface area contributed by atoms with Gasteiger partial charge in [0.05, 0.1) is 11.5 Å². The summed E-state index contributed by atoms with van der Waals surface area (Å²) in [5.41, 5.74) is 0.134. The van der Waals surface area contributed by atoms with Crippen LogP contribution in [0, 0.1) is 10.1 Å². The van der Waals surface area contributed by atoms with E-state index in [1.807, 2.05) is 0 Å². The fourth-order valence-corrected chi connectivity index (χ4v) is 1.70. The predicted octanol–water partition coefficient (Wildman–Crippen LogP) is 0.0644. The Morgan fingerprint density at radius 1 is 1.43 bits per heavy atom. The number of anilines is 1. The summed E-state index contributed by atoms with van der Waals surface area (Å²) in [6, 6.07) is 0. The molecule has 116 valence electrons. The number of carboxylic acids is 1. The van der Waals surface area contributed by atoms with Gasteiger partial charge < -0.3 is 15.7 Å². The van der Waals surface area contributed by atoms with Gasteiger partial charge >= 0.3 is 11.7 Å². The van der Waals surface area contributed by atoms with Crippen molar-refractivity contribution in [3.8, 4) is 0 Å². The number of carbonyl (C=O) groups is 2. The first-order chi connectivity index (χ1) is 9.73. The molecule has 3 N–H and O–H groups in total. The maximum atomic E-state index is 11.4. The Morgan fingerprint density at radius 2 is 2.05 bits per heavy atom. The molecule has 0 saturated heterocycles. The van der Waals surface area contributed by atoms with Crippen molar-refractivity contribution in [2.45, 2.75) is 19.8 Å². The molecule has 1 amide bonds. The molecule has 1 aromatic heterocycles. The summed E-state index contributed by atoms with van der Waals surface area (Å²) < 4.78 is 1.29. The number of carbonyl (C=O) groups excluding carboxylic acids is 1. The minimum absolute atomic E-state index is 0.106. The van der Waals surface area contributed by atoms with Gasteiger partial charge in [-0.25, -0.2) is 4.68 Å². The van der Waals surface area contributed by atoms with Gasteiger partial charge in [0.15, 0.2) is 0 Å². The van der Waals surface area contributed by atoms with Gasteiger partial charge in [-0.2, -0.15) is 5.10 Å². The molecular formula is C11H17N5O5. The summed E-state index contributed by atoms with van der Waals surface area (Å²) in [7, 11) is 1.52. The number of carboxylic acid groups (broad SMARTS) is 1. The van der Waals surface area contributed by atoms with Crippen LogP contribution in [0.15, 0.2) is 0 Å². The molecule has 21 heavy (non-hydrogen) atoms. The van der Waals surface area contributed by atoms with Crippen LogP contribution in [0.5, 0.6) is 0 Å². The zero-order valence-corrected chi connectivity index (χ0v) is 11.9. The van der Waals surface area contributed by atoms with E-state index in [-0.39, 0.29) is 24.0 Å². The maximum absolute atomic E-state index is 11.4. The normalized spacial score (nSPS) is 10.5. The first-order valence-electron chi connectivity index (χ1n) is 6.17. The van der Waals surface area contributed by atoms with E-state index >= 15 is 0 Å². The lowest BCUT2D eigenvalue weighted by molar-refractivity contribution is -0.384. The van der Waals surface area contributed by atoms with Crippen LogP contribution in [0.25, 0.3) is 0 Å². The molecule has 0 saturated carbocycles. The topological polar surface area (TPSA) is 139 Å². The lowest BCUT2D eigenvalue weighted by Crippen LogP contribution is -2.34. The smallest absolute Gasteiger partial charge is 0.334 e. The molecule has 0 aliphatic rings. The molecule has 10 nitrogen and oxygen atoms in total. The lowest BCUT2D eigenvalue weighted by atomic mass is 10.1. The quantitative estimate of drug-likeness (QED) is 0.478. The Kier molecular flexibility index (Phi) is 5.22. The van der Waals surface area contributed by atoms with E-state index in [2.05, 4.69) is 15.7 Å². The second kappa shape index (κ2) is 6.68. The molecule has 0 unspecified atom stereocenters. The van der Waals surface area contributed by atoms with Gasteiger partial charge in [0.25, 0.3) is 0 Å². The van der Waals surface area contributed by atoms with Crippen LogP contribution in [0.1, 0.15) is 25.5 Å². The van der Waals surface area contributed by atoms with E-state index in [9.17, 15) is 19.7 Å². The zero-order valence-electron chi connectivity index (χ0n) is 11.9. The van der Waals surface area contributed by atoms with E-state index in [0.717, 1.165) is 0 Å². The van der Waals surface area contributed by atoms with Gasteiger partial charge in [0.2, 0.25) is 11.7 Å². The van der Waals surface area contributed by atoms with Gasteiger partial charge in [-0.15, -0.1) is 0 Å². The number of aliphatic carboxylic acids is 1. The highest BCUT2D eigenvalue weighted by Gasteiger charge is 2.28. The molecular weight excluding hydrogens is 282 g/mol. The number of aromatic nitrogens is 2. The van der Waals surface area contributed by atoms with Crippen LogP contribution in [-0.4, -0.2) is 44.8 Å². The molecule has 1 rings (SSSR count). The Balaban J connectivity index is 2.86. The molecule has 1 heterocycles. The standard InChI is InChI=1S/C11H17N5O5/c1-6(2)9-10(16(20)21)11(15(3)14-9)13-4-7(17)12-5-8(18)19/h6,13H,4-5H2,1-3H3,(H,12,17)(H,18,19).